The molecule has 2 N–H and O–H groups in total. The normalized spacial score (nSPS) is 21.5. The van der Waals surface area contributed by atoms with Crippen molar-refractivity contribution >= 4 is 33.2 Å². The summed E-state index contributed by atoms with van der Waals surface area (Å²) < 4.78 is 0.950. The minimum absolute atomic E-state index is 0.572. The number of hydrogen-bond donors (Lipinski definition) is 2. The molecule has 1 heterocycles. The molecule has 0 radical (unpaired) electrons. The average molecular weight is 304 g/mol. The number of rotatable bonds is 2. The van der Waals surface area contributed by atoms with Gasteiger partial charge in [-0.15, -0.1) is 0 Å². The lowest BCUT2D eigenvalue weighted by Crippen LogP contribution is -2.21. The van der Waals surface area contributed by atoms with Crippen LogP contribution >= 0.6 is 27.5 Å². The van der Waals surface area contributed by atoms with Gasteiger partial charge < -0.3 is 10.6 Å². The Kier molecular flexibility index (Phi) is 4.50. The summed E-state index contributed by atoms with van der Waals surface area (Å²) in [6.45, 7) is 2.24. The molecule has 1 atom stereocenters. The third-order valence-electron chi connectivity index (χ3n) is 2.87. The molecule has 1 unspecified atom stereocenters. The lowest BCUT2D eigenvalue weighted by Gasteiger charge is -2.17. The fourth-order valence-corrected chi connectivity index (χ4v) is 2.48. The molecule has 88 valence electrons. The lowest BCUT2D eigenvalue weighted by atomic mass is 10.1. The highest BCUT2D eigenvalue weighted by atomic mass is 79.9. The zero-order valence-electron chi connectivity index (χ0n) is 9.10. The molecule has 1 aromatic carbocycles. The van der Waals surface area contributed by atoms with Gasteiger partial charge in [0, 0.05) is 16.2 Å². The molecule has 0 saturated carbocycles. The van der Waals surface area contributed by atoms with E-state index in [1.54, 1.807) is 0 Å². The molecular weight excluding hydrogens is 288 g/mol. The van der Waals surface area contributed by atoms with Crippen molar-refractivity contribution < 1.29 is 0 Å². The number of benzene rings is 1. The zero-order valence-corrected chi connectivity index (χ0v) is 11.4. The number of anilines is 1. The van der Waals surface area contributed by atoms with Crippen LogP contribution in [0.4, 0.5) is 5.69 Å². The van der Waals surface area contributed by atoms with Crippen molar-refractivity contribution in [1.29, 1.82) is 0 Å². The molecule has 1 aliphatic heterocycles. The van der Waals surface area contributed by atoms with Crippen LogP contribution in [0.25, 0.3) is 0 Å². The summed E-state index contributed by atoms with van der Waals surface area (Å²) in [4.78, 5) is 0. The Bertz CT molecular complexity index is 349. The van der Waals surface area contributed by atoms with Crippen molar-refractivity contribution in [1.82, 2.24) is 5.32 Å². The lowest BCUT2D eigenvalue weighted by molar-refractivity contribution is 0.637. The smallest absolute Gasteiger partial charge is 0.0549 e. The molecule has 4 heteroatoms. The Balaban J connectivity index is 1.99. The third-order valence-corrected chi connectivity index (χ3v) is 4.08. The second-order valence-corrected chi connectivity index (χ2v) is 5.41. The zero-order chi connectivity index (χ0) is 11.4. The maximum atomic E-state index is 5.96. The van der Waals surface area contributed by atoms with Gasteiger partial charge in [-0.25, -0.2) is 0 Å². The van der Waals surface area contributed by atoms with Gasteiger partial charge in [-0.05, 0) is 66.5 Å². The quantitative estimate of drug-likeness (QED) is 0.871. The molecule has 16 heavy (non-hydrogen) atoms. The van der Waals surface area contributed by atoms with E-state index in [-0.39, 0.29) is 0 Å². The van der Waals surface area contributed by atoms with Crippen LogP contribution in [0.1, 0.15) is 19.3 Å². The Morgan fingerprint density at radius 3 is 3.00 bits per heavy atom. The molecule has 1 saturated heterocycles. The fraction of sp³-hybridized carbons (Fsp3) is 0.500. The molecule has 0 spiro atoms. The van der Waals surface area contributed by atoms with E-state index in [2.05, 4.69) is 26.6 Å². The van der Waals surface area contributed by atoms with Gasteiger partial charge >= 0.3 is 0 Å². The van der Waals surface area contributed by atoms with Crippen LogP contribution in [0.2, 0.25) is 5.02 Å². The van der Waals surface area contributed by atoms with Gasteiger partial charge in [0.25, 0.3) is 0 Å². The van der Waals surface area contributed by atoms with Crippen LogP contribution in [0.15, 0.2) is 22.7 Å². The van der Waals surface area contributed by atoms with E-state index < -0.39 is 0 Å². The van der Waals surface area contributed by atoms with E-state index in [0.717, 1.165) is 28.3 Å². The van der Waals surface area contributed by atoms with Crippen LogP contribution in [0.5, 0.6) is 0 Å². The van der Waals surface area contributed by atoms with Crippen molar-refractivity contribution in [2.75, 3.05) is 18.4 Å². The highest BCUT2D eigenvalue weighted by Gasteiger charge is 2.11. The third kappa shape index (κ3) is 3.37. The van der Waals surface area contributed by atoms with Gasteiger partial charge in [-0.2, -0.15) is 0 Å². The molecule has 0 aromatic heterocycles. The average Bonchev–Trinajstić information content (AvgIpc) is 2.52. The first-order valence-corrected chi connectivity index (χ1v) is 6.85. The van der Waals surface area contributed by atoms with Crippen molar-refractivity contribution in [2.45, 2.75) is 25.3 Å². The fourth-order valence-electron chi connectivity index (χ4n) is 1.99. The number of hydrogen-bond acceptors (Lipinski definition) is 2. The summed E-state index contributed by atoms with van der Waals surface area (Å²) in [5, 5.41) is 7.73. The maximum absolute atomic E-state index is 5.96. The topological polar surface area (TPSA) is 24.1 Å². The second kappa shape index (κ2) is 5.89. The predicted molar refractivity (Wildman–Crippen MR) is 73.3 cm³/mol. The Labute approximate surface area is 110 Å². The summed E-state index contributed by atoms with van der Waals surface area (Å²) in [6.07, 6.45) is 3.65. The van der Waals surface area contributed by atoms with Crippen LogP contribution < -0.4 is 10.6 Å². The summed E-state index contributed by atoms with van der Waals surface area (Å²) in [5.41, 5.74) is 1.14. The summed E-state index contributed by atoms with van der Waals surface area (Å²) in [7, 11) is 0. The molecule has 2 rings (SSSR count). The maximum Gasteiger partial charge on any atom is 0.0549 e. The molecular formula is C12H16BrClN2. The van der Waals surface area contributed by atoms with Crippen molar-refractivity contribution in [3.63, 3.8) is 0 Å². The summed E-state index contributed by atoms with van der Waals surface area (Å²) in [6, 6.07) is 6.57. The van der Waals surface area contributed by atoms with E-state index in [9.17, 15) is 0 Å². The highest BCUT2D eigenvalue weighted by molar-refractivity contribution is 9.10. The standard InChI is InChI=1S/C12H16BrClN2/c13-11-8-10(3-4-12(11)14)16-9-2-1-6-15-7-5-9/h3-4,8-9,15-16H,1-2,5-7H2. The van der Waals surface area contributed by atoms with Gasteiger partial charge in [0.1, 0.15) is 0 Å². The molecule has 1 aromatic rings. The largest absolute Gasteiger partial charge is 0.382 e. The van der Waals surface area contributed by atoms with Gasteiger partial charge in [0.2, 0.25) is 0 Å². The molecule has 0 amide bonds. The Morgan fingerprint density at radius 2 is 2.19 bits per heavy atom. The first-order valence-electron chi connectivity index (χ1n) is 5.68. The van der Waals surface area contributed by atoms with E-state index in [4.69, 9.17) is 11.6 Å². The van der Waals surface area contributed by atoms with E-state index in [1.165, 1.54) is 19.3 Å². The summed E-state index contributed by atoms with van der Waals surface area (Å²) in [5.74, 6) is 0. The Morgan fingerprint density at radius 1 is 1.31 bits per heavy atom. The van der Waals surface area contributed by atoms with E-state index in [0.29, 0.717) is 6.04 Å². The molecule has 0 aliphatic carbocycles. The monoisotopic (exact) mass is 302 g/mol. The predicted octanol–water partition coefficient (Wildman–Crippen LogP) is 3.66. The Hall–Kier alpha value is -0.250. The SMILES string of the molecule is Clc1ccc(NC2CCCNCC2)cc1Br. The van der Waals surface area contributed by atoms with Crippen LogP contribution in [-0.2, 0) is 0 Å². The van der Waals surface area contributed by atoms with Gasteiger partial charge in [-0.3, -0.25) is 0 Å². The van der Waals surface area contributed by atoms with Crippen molar-refractivity contribution in [2.24, 2.45) is 0 Å². The van der Waals surface area contributed by atoms with Crippen molar-refractivity contribution in [3.05, 3.63) is 27.7 Å². The van der Waals surface area contributed by atoms with Crippen LogP contribution in [0, 0.1) is 0 Å². The van der Waals surface area contributed by atoms with E-state index in [1.807, 2.05) is 18.2 Å². The van der Waals surface area contributed by atoms with Gasteiger partial charge in [0.15, 0.2) is 0 Å². The van der Waals surface area contributed by atoms with Crippen molar-refractivity contribution in [3.8, 4) is 0 Å². The second-order valence-electron chi connectivity index (χ2n) is 4.15. The van der Waals surface area contributed by atoms with Gasteiger partial charge in [0.05, 0.1) is 5.02 Å². The number of nitrogens with one attached hydrogen (secondary N) is 2. The highest BCUT2D eigenvalue weighted by Crippen LogP contribution is 2.26. The molecule has 2 nitrogen and oxygen atoms in total. The molecule has 1 fully saturated rings. The van der Waals surface area contributed by atoms with Gasteiger partial charge in [-0.1, -0.05) is 11.6 Å². The first-order chi connectivity index (χ1) is 7.75. The number of halogens is 2. The van der Waals surface area contributed by atoms with Crippen LogP contribution in [-0.4, -0.2) is 19.1 Å². The van der Waals surface area contributed by atoms with Crippen LogP contribution in [0.3, 0.4) is 0 Å². The minimum atomic E-state index is 0.572. The molecule has 0 bridgehead atoms. The van der Waals surface area contributed by atoms with E-state index >= 15 is 0 Å². The first kappa shape index (κ1) is 12.2. The summed E-state index contributed by atoms with van der Waals surface area (Å²) >= 11 is 9.41. The molecule has 1 aliphatic rings. The minimum Gasteiger partial charge on any atom is -0.382 e.